The summed E-state index contributed by atoms with van der Waals surface area (Å²) in [4.78, 5) is 11.9. The Morgan fingerprint density at radius 1 is 1.10 bits per heavy atom. The Labute approximate surface area is 129 Å². The second-order valence-electron chi connectivity index (χ2n) is 4.91. The highest BCUT2D eigenvalue weighted by atomic mass is 35.5. The van der Waals surface area contributed by atoms with Crippen LogP contribution in [0.15, 0.2) is 48.5 Å². The second kappa shape index (κ2) is 7.14. The molecule has 0 bridgehead atoms. The zero-order chi connectivity index (χ0) is 15.2. The van der Waals surface area contributed by atoms with Crippen molar-refractivity contribution in [2.24, 2.45) is 0 Å². The maximum absolute atomic E-state index is 11.9. The van der Waals surface area contributed by atoms with Gasteiger partial charge in [-0.05, 0) is 41.8 Å². The Morgan fingerprint density at radius 3 is 2.43 bits per heavy atom. The van der Waals surface area contributed by atoms with Crippen LogP contribution in [0.5, 0.6) is 11.5 Å². The molecule has 0 N–H and O–H groups in total. The molecule has 0 atom stereocenters. The van der Waals surface area contributed by atoms with Crippen LogP contribution in [-0.4, -0.2) is 12.6 Å². The van der Waals surface area contributed by atoms with Crippen LogP contribution in [0.25, 0.3) is 0 Å². The van der Waals surface area contributed by atoms with Crippen molar-refractivity contribution in [2.75, 3.05) is 6.61 Å². The highest BCUT2D eigenvalue weighted by Crippen LogP contribution is 2.26. The molecule has 0 unspecified atom stereocenters. The second-order valence-corrected chi connectivity index (χ2v) is 5.35. The fourth-order valence-electron chi connectivity index (χ4n) is 1.88. The average molecular weight is 305 g/mol. The molecular formula is C17H17ClO3. The number of esters is 1. The van der Waals surface area contributed by atoms with E-state index in [1.807, 2.05) is 18.2 Å². The summed E-state index contributed by atoms with van der Waals surface area (Å²) in [7, 11) is 0. The molecule has 3 nitrogen and oxygen atoms in total. The van der Waals surface area contributed by atoms with E-state index < -0.39 is 5.97 Å². The molecule has 2 aromatic carbocycles. The fourth-order valence-corrected chi connectivity index (χ4v) is 2.00. The quantitative estimate of drug-likeness (QED) is 0.605. The predicted octanol–water partition coefficient (Wildman–Crippen LogP) is 4.45. The predicted molar refractivity (Wildman–Crippen MR) is 83.1 cm³/mol. The Kier molecular flexibility index (Phi) is 5.23. The minimum Gasteiger partial charge on any atom is -0.482 e. The number of halogens is 1. The minimum atomic E-state index is -0.432. The van der Waals surface area contributed by atoms with Gasteiger partial charge in [0.05, 0.1) is 0 Å². The molecule has 0 aliphatic rings. The number of ether oxygens (including phenoxy) is 2. The van der Waals surface area contributed by atoms with Gasteiger partial charge in [0.25, 0.3) is 0 Å². The first-order valence-electron chi connectivity index (χ1n) is 6.74. The Balaban J connectivity index is 1.94. The molecular weight excluding hydrogens is 288 g/mol. The van der Waals surface area contributed by atoms with Gasteiger partial charge >= 0.3 is 5.97 Å². The van der Waals surface area contributed by atoms with E-state index in [0.29, 0.717) is 16.5 Å². The zero-order valence-corrected chi connectivity index (χ0v) is 12.8. The number of hydrogen-bond donors (Lipinski definition) is 0. The molecule has 2 aromatic rings. The Morgan fingerprint density at radius 2 is 1.76 bits per heavy atom. The van der Waals surface area contributed by atoms with Crippen LogP contribution >= 0.6 is 11.6 Å². The summed E-state index contributed by atoms with van der Waals surface area (Å²) >= 11 is 5.78. The molecule has 0 saturated heterocycles. The number of para-hydroxylation sites is 1. The molecule has 0 aliphatic carbocycles. The van der Waals surface area contributed by atoms with E-state index in [-0.39, 0.29) is 12.5 Å². The molecule has 0 aromatic heterocycles. The van der Waals surface area contributed by atoms with Crippen LogP contribution in [0.4, 0.5) is 0 Å². The molecule has 0 radical (unpaired) electrons. The van der Waals surface area contributed by atoms with Crippen LogP contribution in [0, 0.1) is 0 Å². The summed E-state index contributed by atoms with van der Waals surface area (Å²) in [5.41, 5.74) is 0.998. The first kappa shape index (κ1) is 15.4. The van der Waals surface area contributed by atoms with Crippen LogP contribution in [-0.2, 0) is 4.79 Å². The Hall–Kier alpha value is -2.00. The molecule has 0 spiro atoms. The van der Waals surface area contributed by atoms with Crippen molar-refractivity contribution in [2.45, 2.75) is 19.8 Å². The molecule has 0 amide bonds. The van der Waals surface area contributed by atoms with Crippen molar-refractivity contribution < 1.29 is 14.3 Å². The Bertz CT molecular complexity index is 606. The van der Waals surface area contributed by atoms with Gasteiger partial charge in [-0.15, -0.1) is 0 Å². The standard InChI is InChI=1S/C17H17ClO3/c1-12(2)15-5-3-4-6-16(15)21-17(19)11-20-14-9-7-13(18)8-10-14/h3-10,12H,11H2,1-2H3. The largest absolute Gasteiger partial charge is 0.482 e. The first-order chi connectivity index (χ1) is 10.1. The monoisotopic (exact) mass is 304 g/mol. The van der Waals surface area contributed by atoms with E-state index in [1.165, 1.54) is 0 Å². The minimum absolute atomic E-state index is 0.145. The third kappa shape index (κ3) is 4.50. The van der Waals surface area contributed by atoms with Crippen molar-refractivity contribution in [3.63, 3.8) is 0 Å². The molecule has 110 valence electrons. The van der Waals surface area contributed by atoms with Crippen LogP contribution in [0.1, 0.15) is 25.3 Å². The van der Waals surface area contributed by atoms with Gasteiger partial charge < -0.3 is 9.47 Å². The lowest BCUT2D eigenvalue weighted by Crippen LogP contribution is -2.18. The van der Waals surface area contributed by atoms with Crippen LogP contribution < -0.4 is 9.47 Å². The smallest absolute Gasteiger partial charge is 0.349 e. The summed E-state index contributed by atoms with van der Waals surface area (Å²) < 4.78 is 10.7. The van der Waals surface area contributed by atoms with E-state index in [1.54, 1.807) is 30.3 Å². The van der Waals surface area contributed by atoms with Gasteiger partial charge in [-0.3, -0.25) is 0 Å². The van der Waals surface area contributed by atoms with Gasteiger partial charge in [0, 0.05) is 5.02 Å². The number of carbonyl (C=O) groups excluding carboxylic acids is 1. The maximum atomic E-state index is 11.9. The molecule has 0 heterocycles. The highest BCUT2D eigenvalue weighted by molar-refractivity contribution is 6.30. The highest BCUT2D eigenvalue weighted by Gasteiger charge is 2.11. The summed E-state index contributed by atoms with van der Waals surface area (Å²) in [6, 6.07) is 14.3. The van der Waals surface area contributed by atoms with E-state index >= 15 is 0 Å². The summed E-state index contributed by atoms with van der Waals surface area (Å²) in [6.45, 7) is 3.96. The van der Waals surface area contributed by atoms with Gasteiger partial charge in [0.15, 0.2) is 6.61 Å². The van der Waals surface area contributed by atoms with Gasteiger partial charge in [0.1, 0.15) is 11.5 Å². The van der Waals surface area contributed by atoms with Gasteiger partial charge in [-0.2, -0.15) is 0 Å². The lowest BCUT2D eigenvalue weighted by atomic mass is 10.0. The molecule has 0 aliphatic heterocycles. The first-order valence-corrected chi connectivity index (χ1v) is 7.12. The molecule has 0 fully saturated rings. The summed E-state index contributed by atoms with van der Waals surface area (Å²) in [6.07, 6.45) is 0. The van der Waals surface area contributed by atoms with Crippen molar-refractivity contribution >= 4 is 17.6 Å². The lowest BCUT2D eigenvalue weighted by molar-refractivity contribution is -0.136. The lowest BCUT2D eigenvalue weighted by Gasteiger charge is -2.12. The third-order valence-corrected chi connectivity index (χ3v) is 3.19. The molecule has 21 heavy (non-hydrogen) atoms. The fraction of sp³-hybridized carbons (Fsp3) is 0.235. The van der Waals surface area contributed by atoms with Crippen molar-refractivity contribution in [3.05, 3.63) is 59.1 Å². The summed E-state index contributed by atoms with van der Waals surface area (Å²) in [5.74, 6) is 1.01. The average Bonchev–Trinajstić information content (AvgIpc) is 2.47. The van der Waals surface area contributed by atoms with Crippen LogP contribution in [0.3, 0.4) is 0 Å². The molecule has 4 heteroatoms. The SMILES string of the molecule is CC(C)c1ccccc1OC(=O)COc1ccc(Cl)cc1. The zero-order valence-electron chi connectivity index (χ0n) is 12.0. The van der Waals surface area contributed by atoms with Gasteiger partial charge in [-0.25, -0.2) is 4.79 Å². The van der Waals surface area contributed by atoms with Crippen molar-refractivity contribution in [1.29, 1.82) is 0 Å². The van der Waals surface area contributed by atoms with Gasteiger partial charge in [0.2, 0.25) is 0 Å². The number of carbonyl (C=O) groups is 1. The molecule has 0 saturated carbocycles. The maximum Gasteiger partial charge on any atom is 0.349 e. The van der Waals surface area contributed by atoms with Crippen LogP contribution in [0.2, 0.25) is 5.02 Å². The van der Waals surface area contributed by atoms with Crippen molar-refractivity contribution in [3.8, 4) is 11.5 Å². The third-order valence-electron chi connectivity index (χ3n) is 2.94. The van der Waals surface area contributed by atoms with E-state index in [0.717, 1.165) is 5.56 Å². The van der Waals surface area contributed by atoms with E-state index in [4.69, 9.17) is 21.1 Å². The van der Waals surface area contributed by atoms with E-state index in [2.05, 4.69) is 13.8 Å². The molecule has 2 rings (SSSR count). The number of hydrogen-bond acceptors (Lipinski definition) is 3. The number of benzene rings is 2. The van der Waals surface area contributed by atoms with E-state index in [9.17, 15) is 4.79 Å². The normalized spacial score (nSPS) is 10.5. The number of rotatable bonds is 5. The summed E-state index contributed by atoms with van der Waals surface area (Å²) in [5, 5.41) is 0.621. The van der Waals surface area contributed by atoms with Crippen molar-refractivity contribution in [1.82, 2.24) is 0 Å². The van der Waals surface area contributed by atoms with Gasteiger partial charge in [-0.1, -0.05) is 43.6 Å². The topological polar surface area (TPSA) is 35.5 Å².